The van der Waals surface area contributed by atoms with Crippen LogP contribution < -0.4 is 5.32 Å². The van der Waals surface area contributed by atoms with Crippen LogP contribution in [0.15, 0.2) is 29.2 Å². The van der Waals surface area contributed by atoms with E-state index in [9.17, 15) is 13.2 Å². The summed E-state index contributed by atoms with van der Waals surface area (Å²) in [6, 6.07) is 6.13. The van der Waals surface area contributed by atoms with Crippen molar-refractivity contribution in [3.8, 4) is 0 Å². The maximum Gasteiger partial charge on any atom is 0.251 e. The Morgan fingerprint density at radius 3 is 2.50 bits per heavy atom. The van der Waals surface area contributed by atoms with Crippen molar-refractivity contribution in [1.82, 2.24) is 29.8 Å². The first-order valence-electron chi connectivity index (χ1n) is 8.47. The first-order valence-corrected chi connectivity index (χ1v) is 9.91. The molecule has 0 radical (unpaired) electrons. The Hall–Kier alpha value is -2.33. The van der Waals surface area contributed by atoms with Gasteiger partial charge in [-0.2, -0.15) is 0 Å². The van der Waals surface area contributed by atoms with Gasteiger partial charge in [0, 0.05) is 19.7 Å². The number of amides is 1. The Kier molecular flexibility index (Phi) is 5.33. The minimum Gasteiger partial charge on any atom is -0.345 e. The lowest BCUT2D eigenvalue weighted by Crippen LogP contribution is -2.26. The van der Waals surface area contributed by atoms with Gasteiger partial charge in [-0.05, 0) is 47.5 Å². The number of carbonyl (C=O) groups is 1. The summed E-state index contributed by atoms with van der Waals surface area (Å²) in [7, 11) is -0.585. The van der Waals surface area contributed by atoms with Gasteiger partial charge in [-0.1, -0.05) is 12.8 Å². The second-order valence-corrected chi connectivity index (χ2v) is 8.62. The van der Waals surface area contributed by atoms with Gasteiger partial charge < -0.3 is 5.32 Å². The number of hydrogen-bond acceptors (Lipinski definition) is 6. The van der Waals surface area contributed by atoms with Crippen molar-refractivity contribution < 1.29 is 13.2 Å². The zero-order chi connectivity index (χ0) is 18.7. The molecule has 1 aromatic carbocycles. The molecule has 1 aliphatic carbocycles. The van der Waals surface area contributed by atoms with Crippen LogP contribution in [0, 0.1) is 0 Å². The monoisotopic (exact) mass is 378 g/mol. The molecule has 9 nitrogen and oxygen atoms in total. The first kappa shape index (κ1) is 18.5. The second-order valence-electron chi connectivity index (χ2n) is 6.47. The predicted octanol–water partition coefficient (Wildman–Crippen LogP) is 0.968. The van der Waals surface area contributed by atoms with Crippen molar-refractivity contribution in [3.63, 3.8) is 0 Å². The highest BCUT2D eigenvalue weighted by Gasteiger charge is 2.22. The number of hydrogen-bond donors (Lipinski definition) is 1. The lowest BCUT2D eigenvalue weighted by atomic mass is 10.2. The van der Waals surface area contributed by atoms with Gasteiger partial charge in [-0.25, -0.2) is 17.4 Å². The van der Waals surface area contributed by atoms with Gasteiger partial charge in [0.15, 0.2) is 5.82 Å². The van der Waals surface area contributed by atoms with E-state index in [-0.39, 0.29) is 17.3 Å². The highest BCUT2D eigenvalue weighted by molar-refractivity contribution is 7.89. The molecule has 1 saturated carbocycles. The molecule has 0 aliphatic heterocycles. The van der Waals surface area contributed by atoms with Gasteiger partial charge in [0.2, 0.25) is 10.0 Å². The highest BCUT2D eigenvalue weighted by Crippen LogP contribution is 2.29. The van der Waals surface area contributed by atoms with Crippen LogP contribution in [0.4, 0.5) is 0 Å². The van der Waals surface area contributed by atoms with Crippen LogP contribution in [0.3, 0.4) is 0 Å². The maximum absolute atomic E-state index is 12.3. The fourth-order valence-corrected chi connectivity index (χ4v) is 3.91. The molecule has 140 valence electrons. The van der Waals surface area contributed by atoms with Crippen molar-refractivity contribution in [1.29, 1.82) is 0 Å². The molecule has 10 heteroatoms. The average Bonchev–Trinajstić information content (AvgIpc) is 3.30. The molecule has 0 saturated heterocycles. The van der Waals surface area contributed by atoms with Gasteiger partial charge in [-0.3, -0.25) is 4.79 Å². The minimum absolute atomic E-state index is 0.143. The summed E-state index contributed by atoms with van der Waals surface area (Å²) in [4.78, 5) is 12.5. The molecule has 1 fully saturated rings. The first-order chi connectivity index (χ1) is 12.4. The average molecular weight is 378 g/mol. The van der Waals surface area contributed by atoms with Crippen molar-refractivity contribution in [2.45, 2.75) is 43.2 Å². The fourth-order valence-electron chi connectivity index (χ4n) is 3.01. The van der Waals surface area contributed by atoms with Crippen LogP contribution in [-0.2, 0) is 16.6 Å². The summed E-state index contributed by atoms with van der Waals surface area (Å²) in [6.45, 7) is 0.222. The predicted molar refractivity (Wildman–Crippen MR) is 93.8 cm³/mol. The summed E-state index contributed by atoms with van der Waals surface area (Å²) < 4.78 is 27.0. The van der Waals surface area contributed by atoms with E-state index >= 15 is 0 Å². The van der Waals surface area contributed by atoms with Crippen LogP contribution in [0.2, 0.25) is 0 Å². The third-order valence-electron chi connectivity index (χ3n) is 4.53. The zero-order valence-corrected chi connectivity index (χ0v) is 15.6. The SMILES string of the molecule is CN(C)S(=O)(=O)c1ccc(C(=O)NCc2nnnn2C2CCCC2)cc1. The third kappa shape index (κ3) is 3.75. The number of aromatic nitrogens is 4. The Morgan fingerprint density at radius 1 is 1.23 bits per heavy atom. The quantitative estimate of drug-likeness (QED) is 0.802. The van der Waals surface area contributed by atoms with Gasteiger partial charge in [-0.15, -0.1) is 5.10 Å². The number of nitrogens with one attached hydrogen (secondary N) is 1. The number of benzene rings is 1. The molecule has 1 N–H and O–H groups in total. The van der Waals surface area contributed by atoms with Crippen molar-refractivity contribution in [2.24, 2.45) is 0 Å². The fraction of sp³-hybridized carbons (Fsp3) is 0.500. The van der Waals surface area contributed by atoms with Crippen LogP contribution in [0.5, 0.6) is 0 Å². The molecule has 26 heavy (non-hydrogen) atoms. The van der Waals surface area contributed by atoms with E-state index in [1.807, 2.05) is 0 Å². The molecule has 0 atom stereocenters. The molecule has 1 heterocycles. The van der Waals surface area contributed by atoms with Gasteiger partial charge >= 0.3 is 0 Å². The van der Waals surface area contributed by atoms with E-state index in [1.165, 1.54) is 51.2 Å². The molecule has 1 amide bonds. The number of sulfonamides is 1. The highest BCUT2D eigenvalue weighted by atomic mass is 32.2. The van der Waals surface area contributed by atoms with Crippen LogP contribution in [0.1, 0.15) is 47.9 Å². The minimum atomic E-state index is -3.51. The van der Waals surface area contributed by atoms with Gasteiger partial charge in [0.25, 0.3) is 5.91 Å². The van der Waals surface area contributed by atoms with E-state index in [2.05, 4.69) is 20.8 Å². The summed E-state index contributed by atoms with van der Waals surface area (Å²) >= 11 is 0. The standard InChI is InChI=1S/C16H22N6O3S/c1-21(2)26(24,25)14-9-7-12(8-10-14)16(23)17-11-15-18-19-20-22(15)13-5-3-4-6-13/h7-10,13H,3-6,11H2,1-2H3,(H,17,23). The van der Waals surface area contributed by atoms with Gasteiger partial charge in [0.1, 0.15) is 0 Å². The van der Waals surface area contributed by atoms with E-state index in [4.69, 9.17) is 0 Å². The second kappa shape index (κ2) is 7.50. The van der Waals surface area contributed by atoms with Gasteiger partial charge in [0.05, 0.1) is 17.5 Å². The zero-order valence-electron chi connectivity index (χ0n) is 14.8. The molecule has 2 aromatic rings. The Balaban J connectivity index is 1.65. The molecule has 1 aromatic heterocycles. The Labute approximate surface area is 152 Å². The lowest BCUT2D eigenvalue weighted by molar-refractivity contribution is 0.0949. The van der Waals surface area contributed by atoms with E-state index in [1.54, 1.807) is 4.68 Å². The molecule has 0 unspecified atom stereocenters. The third-order valence-corrected chi connectivity index (χ3v) is 6.36. The summed E-state index contributed by atoms with van der Waals surface area (Å²) in [5, 5.41) is 14.5. The molecule has 0 bridgehead atoms. The summed E-state index contributed by atoms with van der Waals surface area (Å²) in [5.41, 5.74) is 0.377. The van der Waals surface area contributed by atoms with Crippen molar-refractivity contribution >= 4 is 15.9 Å². The van der Waals surface area contributed by atoms with E-state index in [0.717, 1.165) is 17.1 Å². The number of rotatable bonds is 6. The number of tetrazole rings is 1. The largest absolute Gasteiger partial charge is 0.345 e. The number of carbonyl (C=O) groups excluding carboxylic acids is 1. The number of nitrogens with zero attached hydrogens (tertiary/aromatic N) is 5. The topological polar surface area (TPSA) is 110 Å². The molecule has 1 aliphatic rings. The molecule has 0 spiro atoms. The van der Waals surface area contributed by atoms with Crippen molar-refractivity contribution in [3.05, 3.63) is 35.7 Å². The summed E-state index contributed by atoms with van der Waals surface area (Å²) in [6.07, 6.45) is 4.43. The lowest BCUT2D eigenvalue weighted by Gasteiger charge is -2.12. The Morgan fingerprint density at radius 2 is 1.88 bits per heavy atom. The van der Waals surface area contributed by atoms with E-state index < -0.39 is 10.0 Å². The maximum atomic E-state index is 12.3. The van der Waals surface area contributed by atoms with Crippen molar-refractivity contribution in [2.75, 3.05) is 14.1 Å². The summed E-state index contributed by atoms with van der Waals surface area (Å²) in [5.74, 6) is 0.317. The molecular formula is C16H22N6O3S. The van der Waals surface area contributed by atoms with E-state index in [0.29, 0.717) is 17.4 Å². The smallest absolute Gasteiger partial charge is 0.251 e. The van der Waals surface area contributed by atoms with Crippen LogP contribution in [-0.4, -0.2) is 52.9 Å². The normalized spacial score (nSPS) is 15.5. The Bertz CT molecular complexity index is 870. The molecule has 3 rings (SSSR count). The van der Waals surface area contributed by atoms with Crippen LogP contribution >= 0.6 is 0 Å². The van der Waals surface area contributed by atoms with Crippen LogP contribution in [0.25, 0.3) is 0 Å². The molecular weight excluding hydrogens is 356 g/mol.